The molecule has 1 aromatic heterocycles. The van der Waals surface area contributed by atoms with Crippen molar-refractivity contribution in [2.75, 3.05) is 43.6 Å². The van der Waals surface area contributed by atoms with Crippen molar-refractivity contribution in [2.24, 2.45) is 7.05 Å². The Balaban J connectivity index is 1.85. The zero-order chi connectivity index (χ0) is 22.8. The van der Waals surface area contributed by atoms with Crippen molar-refractivity contribution in [1.82, 2.24) is 9.55 Å². The molecular weight excluding hydrogens is 412 g/mol. The smallest absolute Gasteiger partial charge is 0.337 e. The van der Waals surface area contributed by atoms with Gasteiger partial charge < -0.3 is 24.8 Å². The van der Waals surface area contributed by atoms with Crippen LogP contribution in [0.25, 0.3) is 10.9 Å². The number of carboxylic acids is 1. The number of para-hydroxylation sites is 1. The molecule has 168 valence electrons. The van der Waals surface area contributed by atoms with E-state index < -0.39 is 5.97 Å². The molecule has 0 bridgehead atoms. The first kappa shape index (κ1) is 21.6. The van der Waals surface area contributed by atoms with Crippen LogP contribution in [0.2, 0.25) is 0 Å². The molecule has 1 aliphatic heterocycles. The van der Waals surface area contributed by atoms with E-state index in [0.717, 1.165) is 5.56 Å². The number of hydrogen-bond acceptors (Lipinski definition) is 7. The maximum atomic E-state index is 13.2. The normalized spacial score (nSPS) is 14.9. The molecule has 2 heterocycles. The van der Waals surface area contributed by atoms with Crippen molar-refractivity contribution >= 4 is 28.5 Å². The number of hydrogen-bond donors (Lipinski definition) is 2. The average molecular weight is 438 g/mol. The molecule has 2 aromatic carbocycles. The van der Waals surface area contributed by atoms with E-state index in [0.29, 0.717) is 54.6 Å². The minimum atomic E-state index is -1.02. The van der Waals surface area contributed by atoms with Crippen LogP contribution in [0.15, 0.2) is 41.2 Å². The van der Waals surface area contributed by atoms with Crippen LogP contribution in [0.1, 0.15) is 28.9 Å². The number of nitrogens with zero attached hydrogens (tertiary/aromatic N) is 3. The fourth-order valence-corrected chi connectivity index (χ4v) is 3.96. The van der Waals surface area contributed by atoms with E-state index in [9.17, 15) is 14.7 Å². The summed E-state index contributed by atoms with van der Waals surface area (Å²) in [6.45, 7) is 4.36. The largest absolute Gasteiger partial charge is 0.497 e. The summed E-state index contributed by atoms with van der Waals surface area (Å²) in [4.78, 5) is 31.8. The molecule has 32 heavy (non-hydrogen) atoms. The van der Waals surface area contributed by atoms with Gasteiger partial charge >= 0.3 is 5.97 Å². The third-order valence-corrected chi connectivity index (χ3v) is 5.69. The molecule has 0 radical (unpaired) electrons. The highest BCUT2D eigenvalue weighted by Crippen LogP contribution is 2.31. The number of benzene rings is 2. The summed E-state index contributed by atoms with van der Waals surface area (Å²) in [5, 5.41) is 13.2. The Labute approximate surface area is 185 Å². The molecule has 1 aliphatic rings. The summed E-state index contributed by atoms with van der Waals surface area (Å²) < 4.78 is 12.4. The maximum Gasteiger partial charge on any atom is 0.337 e. The lowest BCUT2D eigenvalue weighted by Crippen LogP contribution is -2.40. The number of nitrogens with one attached hydrogen (secondary N) is 1. The van der Waals surface area contributed by atoms with E-state index in [1.54, 1.807) is 49.1 Å². The molecule has 9 nitrogen and oxygen atoms in total. The van der Waals surface area contributed by atoms with Gasteiger partial charge in [-0.25, -0.2) is 9.78 Å². The predicted molar refractivity (Wildman–Crippen MR) is 122 cm³/mol. The van der Waals surface area contributed by atoms with Crippen molar-refractivity contribution < 1.29 is 19.4 Å². The molecule has 2 N–H and O–H groups in total. The third kappa shape index (κ3) is 3.99. The highest BCUT2D eigenvalue weighted by molar-refractivity contribution is 5.94. The second-order valence-corrected chi connectivity index (χ2v) is 7.70. The van der Waals surface area contributed by atoms with Gasteiger partial charge in [-0.15, -0.1) is 0 Å². The highest BCUT2D eigenvalue weighted by Gasteiger charge is 2.22. The zero-order valence-corrected chi connectivity index (χ0v) is 18.3. The minimum Gasteiger partial charge on any atom is -0.497 e. The Morgan fingerprint density at radius 1 is 1.25 bits per heavy atom. The van der Waals surface area contributed by atoms with Gasteiger partial charge in [-0.2, -0.15) is 0 Å². The number of rotatable bonds is 6. The van der Waals surface area contributed by atoms with Crippen LogP contribution in [0.5, 0.6) is 5.75 Å². The predicted octanol–water partition coefficient (Wildman–Crippen LogP) is 2.65. The monoisotopic (exact) mass is 438 g/mol. The van der Waals surface area contributed by atoms with Crippen molar-refractivity contribution in [1.29, 1.82) is 0 Å². The van der Waals surface area contributed by atoms with Gasteiger partial charge in [-0.1, -0.05) is 12.1 Å². The van der Waals surface area contributed by atoms with E-state index in [1.165, 1.54) is 0 Å². The second kappa shape index (κ2) is 8.88. The lowest BCUT2D eigenvalue weighted by molar-refractivity contribution is 0.0698. The number of aromatic nitrogens is 2. The Kier molecular flexibility index (Phi) is 6.00. The van der Waals surface area contributed by atoms with Crippen LogP contribution >= 0.6 is 0 Å². The minimum absolute atomic E-state index is 0.171. The number of carboxylic acid groups (broad SMARTS) is 1. The second-order valence-electron chi connectivity index (χ2n) is 7.70. The van der Waals surface area contributed by atoms with Crippen molar-refractivity contribution in [2.45, 2.75) is 13.0 Å². The van der Waals surface area contributed by atoms with Gasteiger partial charge in [0.1, 0.15) is 5.75 Å². The first-order valence-electron chi connectivity index (χ1n) is 10.4. The van der Waals surface area contributed by atoms with Crippen LogP contribution in [0.4, 0.5) is 11.6 Å². The third-order valence-electron chi connectivity index (χ3n) is 5.69. The van der Waals surface area contributed by atoms with Crippen molar-refractivity contribution in [3.05, 3.63) is 57.9 Å². The van der Waals surface area contributed by atoms with E-state index in [1.807, 2.05) is 17.9 Å². The number of aromatic carboxylic acids is 1. The Bertz CT molecular complexity index is 1220. The summed E-state index contributed by atoms with van der Waals surface area (Å²) in [5.41, 5.74) is 1.79. The van der Waals surface area contributed by atoms with Gasteiger partial charge in [0, 0.05) is 31.4 Å². The zero-order valence-electron chi connectivity index (χ0n) is 18.3. The lowest BCUT2D eigenvalue weighted by atomic mass is 10.0. The number of carbonyl (C=O) groups is 1. The number of ether oxygens (including phenoxy) is 2. The molecule has 0 saturated carbocycles. The molecule has 1 fully saturated rings. The summed E-state index contributed by atoms with van der Waals surface area (Å²) in [5.74, 6) is 0.0958. The molecule has 1 saturated heterocycles. The summed E-state index contributed by atoms with van der Waals surface area (Å²) in [6.07, 6.45) is 0. The average Bonchev–Trinajstić information content (AvgIpc) is 2.81. The van der Waals surface area contributed by atoms with Gasteiger partial charge in [0.15, 0.2) is 0 Å². The van der Waals surface area contributed by atoms with Crippen LogP contribution in [0.3, 0.4) is 0 Å². The summed E-state index contributed by atoms with van der Waals surface area (Å²) >= 11 is 0. The quantitative estimate of drug-likeness (QED) is 0.605. The van der Waals surface area contributed by atoms with Gasteiger partial charge in [0.2, 0.25) is 5.95 Å². The number of morpholine rings is 1. The topological polar surface area (TPSA) is 106 Å². The van der Waals surface area contributed by atoms with Crippen LogP contribution in [-0.4, -0.2) is 54.0 Å². The van der Waals surface area contributed by atoms with Crippen molar-refractivity contribution in [3.63, 3.8) is 0 Å². The van der Waals surface area contributed by atoms with Crippen LogP contribution in [-0.2, 0) is 11.8 Å². The molecule has 3 aromatic rings. The van der Waals surface area contributed by atoms with Gasteiger partial charge in [-0.3, -0.25) is 9.36 Å². The number of fused-ring (bicyclic) bond motifs is 1. The summed E-state index contributed by atoms with van der Waals surface area (Å²) in [7, 11) is 3.26. The molecule has 0 unspecified atom stereocenters. The Morgan fingerprint density at radius 2 is 1.97 bits per heavy atom. The van der Waals surface area contributed by atoms with Gasteiger partial charge in [0.25, 0.3) is 5.56 Å². The Morgan fingerprint density at radius 3 is 2.66 bits per heavy atom. The molecule has 0 amide bonds. The summed E-state index contributed by atoms with van der Waals surface area (Å²) in [6, 6.07) is 9.90. The SMILES string of the molecule is COc1cc([C@@H](C)Nc2ccccc2C(=O)O)c2nc(N3CCOCC3)n(C)c(=O)c2c1. The van der Waals surface area contributed by atoms with Crippen LogP contribution in [0, 0.1) is 0 Å². The van der Waals surface area contributed by atoms with E-state index in [4.69, 9.17) is 14.5 Å². The van der Waals surface area contributed by atoms with Crippen molar-refractivity contribution in [3.8, 4) is 5.75 Å². The maximum absolute atomic E-state index is 13.2. The standard InChI is InChI=1S/C23H26N4O5/c1-14(24-19-7-5-4-6-16(19)22(29)30)17-12-15(31-3)13-18-20(17)25-23(26(2)21(18)28)27-8-10-32-11-9-27/h4-7,12-14,24H,8-11H2,1-3H3,(H,29,30)/t14-/m1/s1. The number of anilines is 2. The molecular formula is C23H26N4O5. The lowest BCUT2D eigenvalue weighted by Gasteiger charge is -2.29. The molecule has 4 rings (SSSR count). The molecule has 0 spiro atoms. The Hall–Kier alpha value is -3.59. The fourth-order valence-electron chi connectivity index (χ4n) is 3.96. The van der Waals surface area contributed by atoms with E-state index in [2.05, 4.69) is 5.32 Å². The molecule has 9 heteroatoms. The fraction of sp³-hybridized carbons (Fsp3) is 0.348. The van der Waals surface area contributed by atoms with Gasteiger partial charge in [-0.05, 0) is 31.2 Å². The molecule has 0 aliphatic carbocycles. The van der Waals surface area contributed by atoms with E-state index >= 15 is 0 Å². The number of methoxy groups -OCH3 is 1. The first-order chi connectivity index (χ1) is 15.4. The highest BCUT2D eigenvalue weighted by atomic mass is 16.5. The van der Waals surface area contributed by atoms with E-state index in [-0.39, 0.29) is 17.2 Å². The van der Waals surface area contributed by atoms with Crippen LogP contribution < -0.4 is 20.5 Å². The molecule has 1 atom stereocenters. The van der Waals surface area contributed by atoms with Gasteiger partial charge in [0.05, 0.1) is 42.8 Å². The first-order valence-corrected chi connectivity index (χ1v) is 10.4.